The van der Waals surface area contributed by atoms with E-state index >= 15 is 0 Å². The maximum absolute atomic E-state index is 12.6. The molecule has 20 heavy (non-hydrogen) atoms. The van der Waals surface area contributed by atoms with Crippen molar-refractivity contribution in [3.05, 3.63) is 0 Å². The van der Waals surface area contributed by atoms with E-state index in [0.717, 1.165) is 25.8 Å². The fraction of sp³-hybridized carbons (Fsp3) is 0.941. The fourth-order valence-corrected chi connectivity index (χ4v) is 4.63. The Kier molecular flexibility index (Phi) is 4.21. The predicted molar refractivity (Wildman–Crippen MR) is 83.6 cm³/mol. The molecule has 3 heteroatoms. The van der Waals surface area contributed by atoms with Crippen molar-refractivity contribution >= 4 is 5.91 Å². The van der Waals surface area contributed by atoms with Crippen molar-refractivity contribution < 1.29 is 4.79 Å². The van der Waals surface area contributed by atoms with Crippen molar-refractivity contribution in [3.8, 4) is 0 Å². The summed E-state index contributed by atoms with van der Waals surface area (Å²) >= 11 is 0. The van der Waals surface area contributed by atoms with E-state index in [-0.39, 0.29) is 6.04 Å². The molecule has 116 valence electrons. The molecule has 2 fully saturated rings. The highest BCUT2D eigenvalue weighted by atomic mass is 16.2. The number of nitrogens with one attached hydrogen (secondary N) is 1. The zero-order valence-corrected chi connectivity index (χ0v) is 14.1. The molecule has 0 spiro atoms. The van der Waals surface area contributed by atoms with Crippen LogP contribution in [0.15, 0.2) is 0 Å². The maximum Gasteiger partial charge on any atom is 0.240 e. The summed E-state index contributed by atoms with van der Waals surface area (Å²) in [5.74, 6) is 0.331. The molecule has 0 aromatic rings. The minimum Gasteiger partial charge on any atom is -0.338 e. The standard InChI is InChI=1S/C17H32N2O/c1-12(2)18-14-7-8-19(15(14)20)13-9-16(3,4)11-17(5,6)10-13/h12-14,18H,7-11H2,1-6H3. The Labute approximate surface area is 124 Å². The Balaban J connectivity index is 2.06. The third-order valence-electron chi connectivity index (χ3n) is 4.75. The van der Waals surface area contributed by atoms with Crippen LogP contribution in [0.3, 0.4) is 0 Å². The maximum atomic E-state index is 12.6. The molecule has 1 saturated heterocycles. The first kappa shape index (κ1) is 15.8. The second-order valence-electron chi connectivity index (χ2n) is 8.76. The molecule has 1 saturated carbocycles. The van der Waals surface area contributed by atoms with Gasteiger partial charge in [0.1, 0.15) is 0 Å². The van der Waals surface area contributed by atoms with Gasteiger partial charge in [-0.2, -0.15) is 0 Å². The number of likely N-dealkylation sites (tertiary alicyclic amines) is 1. The van der Waals surface area contributed by atoms with Gasteiger partial charge in [0.15, 0.2) is 0 Å². The van der Waals surface area contributed by atoms with Gasteiger partial charge in [0.2, 0.25) is 5.91 Å². The monoisotopic (exact) mass is 280 g/mol. The van der Waals surface area contributed by atoms with Crippen molar-refractivity contribution in [2.75, 3.05) is 6.54 Å². The van der Waals surface area contributed by atoms with Gasteiger partial charge >= 0.3 is 0 Å². The molecule has 1 N–H and O–H groups in total. The van der Waals surface area contributed by atoms with E-state index < -0.39 is 0 Å². The van der Waals surface area contributed by atoms with Gasteiger partial charge in [0, 0.05) is 18.6 Å². The van der Waals surface area contributed by atoms with Crippen molar-refractivity contribution in [3.63, 3.8) is 0 Å². The van der Waals surface area contributed by atoms with Gasteiger partial charge in [-0.05, 0) is 36.5 Å². The Bertz CT molecular complexity index is 357. The molecule has 2 aliphatic rings. The minimum absolute atomic E-state index is 0.0446. The van der Waals surface area contributed by atoms with Gasteiger partial charge in [-0.1, -0.05) is 41.5 Å². The summed E-state index contributed by atoms with van der Waals surface area (Å²) in [4.78, 5) is 14.8. The highest BCUT2D eigenvalue weighted by Crippen LogP contribution is 2.47. The Morgan fingerprint density at radius 3 is 2.20 bits per heavy atom. The fourth-order valence-electron chi connectivity index (χ4n) is 4.63. The third-order valence-corrected chi connectivity index (χ3v) is 4.75. The number of amides is 1. The first-order valence-electron chi connectivity index (χ1n) is 8.16. The lowest BCUT2D eigenvalue weighted by molar-refractivity contribution is -0.133. The lowest BCUT2D eigenvalue weighted by Crippen LogP contribution is -2.49. The normalized spacial score (nSPS) is 30.2. The zero-order valence-electron chi connectivity index (χ0n) is 14.1. The summed E-state index contributed by atoms with van der Waals surface area (Å²) in [5, 5.41) is 3.41. The lowest BCUT2D eigenvalue weighted by atomic mass is 9.63. The molecule has 1 heterocycles. The van der Waals surface area contributed by atoms with E-state index in [1.54, 1.807) is 0 Å². The van der Waals surface area contributed by atoms with Crippen LogP contribution in [0.1, 0.15) is 67.2 Å². The quantitative estimate of drug-likeness (QED) is 0.861. The van der Waals surface area contributed by atoms with Crippen LogP contribution >= 0.6 is 0 Å². The van der Waals surface area contributed by atoms with Crippen LogP contribution in [0, 0.1) is 10.8 Å². The van der Waals surface area contributed by atoms with Crippen LogP contribution in [0.5, 0.6) is 0 Å². The summed E-state index contributed by atoms with van der Waals surface area (Å²) in [6.45, 7) is 14.6. The van der Waals surface area contributed by atoms with Crippen LogP contribution in [0.2, 0.25) is 0 Å². The first-order chi connectivity index (χ1) is 9.10. The number of rotatable bonds is 3. The van der Waals surface area contributed by atoms with Crippen molar-refractivity contribution in [1.82, 2.24) is 10.2 Å². The molecular weight excluding hydrogens is 248 g/mol. The van der Waals surface area contributed by atoms with E-state index in [1.165, 1.54) is 6.42 Å². The Hall–Kier alpha value is -0.570. The van der Waals surface area contributed by atoms with Gasteiger partial charge in [-0.25, -0.2) is 0 Å². The number of nitrogens with zero attached hydrogens (tertiary/aromatic N) is 1. The molecule has 3 nitrogen and oxygen atoms in total. The molecule has 0 aromatic carbocycles. The Morgan fingerprint density at radius 1 is 1.15 bits per heavy atom. The number of carbonyl (C=O) groups is 1. The summed E-state index contributed by atoms with van der Waals surface area (Å²) in [7, 11) is 0. The summed E-state index contributed by atoms with van der Waals surface area (Å²) < 4.78 is 0. The molecule has 1 unspecified atom stereocenters. The van der Waals surface area contributed by atoms with Crippen LogP contribution in [0.25, 0.3) is 0 Å². The number of hydrogen-bond acceptors (Lipinski definition) is 2. The van der Waals surface area contributed by atoms with Crippen molar-refractivity contribution in [1.29, 1.82) is 0 Å². The minimum atomic E-state index is 0.0446. The summed E-state index contributed by atoms with van der Waals surface area (Å²) in [5.41, 5.74) is 0.687. The average molecular weight is 280 g/mol. The van der Waals surface area contributed by atoms with Gasteiger partial charge in [-0.15, -0.1) is 0 Å². The van der Waals surface area contributed by atoms with Gasteiger partial charge in [0.05, 0.1) is 6.04 Å². The second kappa shape index (κ2) is 5.32. The molecule has 0 radical (unpaired) electrons. The summed E-state index contributed by atoms with van der Waals surface area (Å²) in [6.07, 6.45) is 4.52. The number of carbonyl (C=O) groups excluding carboxylic acids is 1. The van der Waals surface area contributed by atoms with Crippen LogP contribution in [-0.2, 0) is 4.79 Å². The zero-order chi connectivity index (χ0) is 15.1. The first-order valence-corrected chi connectivity index (χ1v) is 8.16. The molecular formula is C17H32N2O. The predicted octanol–water partition coefficient (Wildman–Crippen LogP) is 3.19. The van der Waals surface area contributed by atoms with E-state index in [4.69, 9.17) is 0 Å². The van der Waals surface area contributed by atoms with E-state index in [1.807, 2.05) is 0 Å². The van der Waals surface area contributed by atoms with E-state index in [9.17, 15) is 4.79 Å². The highest BCUT2D eigenvalue weighted by molar-refractivity contribution is 5.84. The smallest absolute Gasteiger partial charge is 0.240 e. The largest absolute Gasteiger partial charge is 0.338 e. The number of hydrogen-bond donors (Lipinski definition) is 1. The molecule has 0 aromatic heterocycles. The van der Waals surface area contributed by atoms with Crippen LogP contribution in [0.4, 0.5) is 0 Å². The average Bonchev–Trinajstić information content (AvgIpc) is 2.55. The topological polar surface area (TPSA) is 32.3 Å². The molecule has 2 rings (SSSR count). The van der Waals surface area contributed by atoms with Gasteiger partial charge in [0.25, 0.3) is 0 Å². The Morgan fingerprint density at radius 2 is 1.70 bits per heavy atom. The van der Waals surface area contributed by atoms with Crippen molar-refractivity contribution in [2.45, 2.75) is 85.4 Å². The highest BCUT2D eigenvalue weighted by Gasteiger charge is 2.44. The molecule has 1 aliphatic carbocycles. The van der Waals surface area contributed by atoms with Crippen molar-refractivity contribution in [2.24, 2.45) is 10.8 Å². The van der Waals surface area contributed by atoms with E-state index in [0.29, 0.717) is 28.8 Å². The van der Waals surface area contributed by atoms with Crippen LogP contribution < -0.4 is 5.32 Å². The summed E-state index contributed by atoms with van der Waals surface area (Å²) in [6, 6.07) is 0.853. The van der Waals surface area contributed by atoms with Gasteiger partial charge < -0.3 is 10.2 Å². The molecule has 1 atom stereocenters. The lowest BCUT2D eigenvalue weighted by Gasteiger charge is -2.47. The second-order valence-corrected chi connectivity index (χ2v) is 8.76. The molecule has 1 aliphatic heterocycles. The van der Waals surface area contributed by atoms with Gasteiger partial charge in [-0.3, -0.25) is 4.79 Å². The third kappa shape index (κ3) is 3.55. The van der Waals surface area contributed by atoms with E-state index in [2.05, 4.69) is 51.8 Å². The molecule has 0 bridgehead atoms. The van der Waals surface area contributed by atoms with Crippen LogP contribution in [-0.4, -0.2) is 35.5 Å². The molecule has 1 amide bonds. The SMILES string of the molecule is CC(C)NC1CCN(C2CC(C)(C)CC(C)(C)C2)C1=O.